The number of hydrogen-bond acceptors (Lipinski definition) is 3. The van der Waals surface area contributed by atoms with Gasteiger partial charge in [0.25, 0.3) is 0 Å². The van der Waals surface area contributed by atoms with Crippen LogP contribution in [0.5, 0.6) is 0 Å². The average molecular weight is 396 g/mol. The molecule has 0 spiro atoms. The summed E-state index contributed by atoms with van der Waals surface area (Å²) in [6.07, 6.45) is 0. The molecule has 1 heterocycles. The number of hydrogen-bond donors (Lipinski definition) is 2. The van der Waals surface area contributed by atoms with Crippen LogP contribution in [-0.4, -0.2) is 21.5 Å². The van der Waals surface area contributed by atoms with Crippen molar-refractivity contribution >= 4 is 22.8 Å². The summed E-state index contributed by atoms with van der Waals surface area (Å²) in [5.41, 5.74) is 5.51. The van der Waals surface area contributed by atoms with E-state index in [1.807, 2.05) is 99.6 Å². The summed E-state index contributed by atoms with van der Waals surface area (Å²) in [7, 11) is 0. The third kappa shape index (κ3) is 4.46. The summed E-state index contributed by atoms with van der Waals surface area (Å²) in [4.78, 5) is 22.1. The summed E-state index contributed by atoms with van der Waals surface area (Å²) in [5.74, 6) is 0. The van der Waals surface area contributed by atoms with Gasteiger partial charge in [-0.15, -0.1) is 0 Å². The van der Waals surface area contributed by atoms with Crippen LogP contribution in [0.25, 0.3) is 33.5 Å². The molecule has 0 saturated carbocycles. The molecule has 2 amide bonds. The Bertz CT molecular complexity index is 1180. The molecule has 30 heavy (non-hydrogen) atoms. The van der Waals surface area contributed by atoms with E-state index in [0.29, 0.717) is 5.69 Å². The molecule has 0 aliphatic heterocycles. The second-order valence-corrected chi connectivity index (χ2v) is 8.19. The third-order valence-corrected chi connectivity index (χ3v) is 4.51. The van der Waals surface area contributed by atoms with Gasteiger partial charge < -0.3 is 10.6 Å². The first-order chi connectivity index (χ1) is 14.4. The van der Waals surface area contributed by atoms with Gasteiger partial charge >= 0.3 is 6.03 Å². The van der Waals surface area contributed by atoms with Gasteiger partial charge in [-0.3, -0.25) is 0 Å². The summed E-state index contributed by atoms with van der Waals surface area (Å²) < 4.78 is 0. The van der Waals surface area contributed by atoms with Crippen molar-refractivity contribution in [3.8, 4) is 22.5 Å². The van der Waals surface area contributed by atoms with Gasteiger partial charge in [-0.05, 0) is 39.0 Å². The van der Waals surface area contributed by atoms with Crippen molar-refractivity contribution in [2.75, 3.05) is 5.32 Å². The number of carbonyl (C=O) groups is 1. The Morgan fingerprint density at radius 3 is 1.80 bits per heavy atom. The largest absolute Gasteiger partial charge is 0.333 e. The number of urea groups is 1. The zero-order valence-electron chi connectivity index (χ0n) is 17.3. The Kier molecular flexibility index (Phi) is 5.19. The lowest BCUT2D eigenvalue weighted by molar-refractivity contribution is 0.244. The molecule has 0 atom stereocenters. The van der Waals surface area contributed by atoms with Crippen LogP contribution >= 0.6 is 0 Å². The fourth-order valence-corrected chi connectivity index (χ4v) is 3.23. The molecule has 4 rings (SSSR count). The van der Waals surface area contributed by atoms with E-state index >= 15 is 0 Å². The van der Waals surface area contributed by atoms with Gasteiger partial charge in [-0.25, -0.2) is 14.8 Å². The van der Waals surface area contributed by atoms with Crippen LogP contribution in [-0.2, 0) is 0 Å². The molecule has 0 aliphatic rings. The number of aromatic nitrogens is 2. The van der Waals surface area contributed by atoms with Crippen molar-refractivity contribution < 1.29 is 4.79 Å². The highest BCUT2D eigenvalue weighted by atomic mass is 16.2. The van der Waals surface area contributed by atoms with Crippen LogP contribution < -0.4 is 10.6 Å². The average Bonchev–Trinajstić information content (AvgIpc) is 2.72. The first-order valence-corrected chi connectivity index (χ1v) is 9.91. The second-order valence-electron chi connectivity index (χ2n) is 8.19. The highest BCUT2D eigenvalue weighted by Crippen LogP contribution is 2.31. The molecular weight excluding hydrogens is 372 g/mol. The molecule has 0 bridgehead atoms. The van der Waals surface area contributed by atoms with Gasteiger partial charge in [-0.2, -0.15) is 0 Å². The summed E-state index contributed by atoms with van der Waals surface area (Å²) in [5, 5.41) is 5.78. The molecule has 0 fully saturated rings. The topological polar surface area (TPSA) is 66.9 Å². The van der Waals surface area contributed by atoms with E-state index in [1.54, 1.807) is 0 Å². The van der Waals surface area contributed by atoms with E-state index < -0.39 is 0 Å². The van der Waals surface area contributed by atoms with Crippen molar-refractivity contribution in [1.29, 1.82) is 0 Å². The zero-order chi connectivity index (χ0) is 21.1. The number of fused-ring (bicyclic) bond motifs is 1. The normalized spacial score (nSPS) is 11.3. The van der Waals surface area contributed by atoms with Crippen LogP contribution in [0.1, 0.15) is 20.8 Å². The van der Waals surface area contributed by atoms with E-state index in [0.717, 1.165) is 33.5 Å². The van der Waals surface area contributed by atoms with Crippen molar-refractivity contribution in [2.45, 2.75) is 26.3 Å². The maximum Gasteiger partial charge on any atom is 0.319 e. The maximum absolute atomic E-state index is 12.2. The number of amides is 2. The minimum Gasteiger partial charge on any atom is -0.333 e. The van der Waals surface area contributed by atoms with Crippen LogP contribution in [0, 0.1) is 0 Å². The molecule has 3 aromatic carbocycles. The van der Waals surface area contributed by atoms with Crippen LogP contribution in [0.4, 0.5) is 10.5 Å². The number of nitrogens with zero attached hydrogens (tertiary/aromatic N) is 2. The van der Waals surface area contributed by atoms with E-state index in [1.165, 1.54) is 0 Å². The minimum atomic E-state index is -0.314. The van der Waals surface area contributed by atoms with Gasteiger partial charge in [0.05, 0.1) is 22.4 Å². The molecule has 5 heteroatoms. The van der Waals surface area contributed by atoms with Gasteiger partial charge in [0.2, 0.25) is 0 Å². The second kappa shape index (κ2) is 7.95. The number of anilines is 1. The van der Waals surface area contributed by atoms with E-state index in [9.17, 15) is 4.79 Å². The third-order valence-electron chi connectivity index (χ3n) is 4.51. The lowest BCUT2D eigenvalue weighted by Gasteiger charge is -2.20. The quantitative estimate of drug-likeness (QED) is 0.454. The van der Waals surface area contributed by atoms with E-state index in [2.05, 4.69) is 10.6 Å². The van der Waals surface area contributed by atoms with Crippen LogP contribution in [0.3, 0.4) is 0 Å². The van der Waals surface area contributed by atoms with Crippen molar-refractivity contribution in [2.24, 2.45) is 0 Å². The van der Waals surface area contributed by atoms with Crippen LogP contribution in [0.2, 0.25) is 0 Å². The molecule has 150 valence electrons. The summed E-state index contributed by atoms with van der Waals surface area (Å²) in [6, 6.07) is 25.4. The summed E-state index contributed by atoms with van der Waals surface area (Å²) >= 11 is 0. The lowest BCUT2D eigenvalue weighted by Crippen LogP contribution is -2.43. The fourth-order valence-electron chi connectivity index (χ4n) is 3.23. The van der Waals surface area contributed by atoms with Gasteiger partial charge in [0.15, 0.2) is 0 Å². The highest BCUT2D eigenvalue weighted by Gasteiger charge is 2.15. The first kappa shape index (κ1) is 19.6. The highest BCUT2D eigenvalue weighted by molar-refractivity contribution is 5.93. The summed E-state index contributed by atoms with van der Waals surface area (Å²) in [6.45, 7) is 5.82. The van der Waals surface area contributed by atoms with Gasteiger partial charge in [-0.1, -0.05) is 60.7 Å². The predicted molar refractivity (Wildman–Crippen MR) is 122 cm³/mol. The number of benzene rings is 3. The number of nitrogens with one attached hydrogen (secondary N) is 2. The number of rotatable bonds is 3. The smallest absolute Gasteiger partial charge is 0.319 e. The van der Waals surface area contributed by atoms with Crippen molar-refractivity contribution in [3.63, 3.8) is 0 Å². The molecule has 0 aliphatic carbocycles. The van der Waals surface area contributed by atoms with Gasteiger partial charge in [0, 0.05) is 22.4 Å². The maximum atomic E-state index is 12.2. The molecule has 0 unspecified atom stereocenters. The van der Waals surface area contributed by atoms with E-state index in [4.69, 9.17) is 9.97 Å². The Balaban J connectivity index is 1.79. The molecule has 2 N–H and O–H groups in total. The SMILES string of the molecule is CC(C)(C)NC(=O)Nc1ccc2nc(-c3ccccc3)c(-c3ccccc3)nc2c1. The zero-order valence-corrected chi connectivity index (χ0v) is 17.3. The molecule has 0 radical (unpaired) electrons. The standard InChI is InChI=1S/C25H24N4O/c1-25(2,3)29-24(30)26-19-14-15-20-21(16-19)28-23(18-12-8-5-9-13-18)22(27-20)17-10-6-4-7-11-17/h4-16H,1-3H3,(H2,26,29,30). The Morgan fingerprint density at radius 1 is 0.733 bits per heavy atom. The molecule has 5 nitrogen and oxygen atoms in total. The first-order valence-electron chi connectivity index (χ1n) is 9.91. The molecular formula is C25H24N4O. The molecule has 4 aromatic rings. The van der Waals surface area contributed by atoms with Crippen molar-refractivity contribution in [1.82, 2.24) is 15.3 Å². The van der Waals surface area contributed by atoms with Gasteiger partial charge in [0.1, 0.15) is 0 Å². The molecule has 0 saturated heterocycles. The Hall–Kier alpha value is -3.73. The van der Waals surface area contributed by atoms with Crippen molar-refractivity contribution in [3.05, 3.63) is 78.9 Å². The Morgan fingerprint density at radius 2 is 1.27 bits per heavy atom. The minimum absolute atomic E-state index is 0.251. The Labute approximate surface area is 176 Å². The van der Waals surface area contributed by atoms with Crippen LogP contribution in [0.15, 0.2) is 78.9 Å². The lowest BCUT2D eigenvalue weighted by atomic mass is 10.0. The fraction of sp³-hybridized carbons (Fsp3) is 0.160. The molecule has 1 aromatic heterocycles. The predicted octanol–water partition coefficient (Wildman–Crippen LogP) is 5.88. The monoisotopic (exact) mass is 396 g/mol. The number of carbonyl (C=O) groups excluding carboxylic acids is 1. The van der Waals surface area contributed by atoms with E-state index in [-0.39, 0.29) is 11.6 Å².